The number of hydrogen-bond acceptors (Lipinski definition) is 4. The van der Waals surface area contributed by atoms with Crippen LogP contribution in [0.25, 0.3) is 0 Å². The van der Waals surface area contributed by atoms with E-state index in [-0.39, 0.29) is 29.8 Å². The predicted octanol–water partition coefficient (Wildman–Crippen LogP) is 6.82. The topological polar surface area (TPSA) is 86.8 Å². The van der Waals surface area contributed by atoms with Crippen LogP contribution in [0.2, 0.25) is 0 Å². The van der Waals surface area contributed by atoms with Gasteiger partial charge >= 0.3 is 0 Å². The third-order valence-electron chi connectivity index (χ3n) is 7.90. The van der Waals surface area contributed by atoms with Gasteiger partial charge in [-0.3, -0.25) is 13.9 Å². The summed E-state index contributed by atoms with van der Waals surface area (Å²) in [6.07, 6.45) is 0.983. The third kappa shape index (κ3) is 8.83. The zero-order valence-corrected chi connectivity index (χ0v) is 28.5. The van der Waals surface area contributed by atoms with Crippen LogP contribution < -0.4 is 9.62 Å². The Morgan fingerprint density at radius 1 is 0.822 bits per heavy atom. The fourth-order valence-corrected chi connectivity index (χ4v) is 6.83. The fraction of sp³-hybridized carbons (Fsp3) is 0.278. The Morgan fingerprint density at radius 2 is 1.47 bits per heavy atom. The van der Waals surface area contributed by atoms with Gasteiger partial charge in [0.15, 0.2) is 0 Å². The van der Waals surface area contributed by atoms with E-state index in [0.29, 0.717) is 5.69 Å². The third-order valence-corrected chi connectivity index (χ3v) is 10.2. The van der Waals surface area contributed by atoms with Crippen LogP contribution in [-0.2, 0) is 32.6 Å². The van der Waals surface area contributed by atoms with E-state index in [1.807, 2.05) is 88.4 Å². The molecule has 0 heterocycles. The molecule has 7 nitrogen and oxygen atoms in total. The highest BCUT2D eigenvalue weighted by Gasteiger charge is 2.35. The van der Waals surface area contributed by atoms with Gasteiger partial charge in [-0.1, -0.05) is 89.6 Å². The van der Waals surface area contributed by atoms with Crippen LogP contribution in [0, 0.1) is 13.8 Å². The first-order valence-electron chi connectivity index (χ1n) is 15.0. The van der Waals surface area contributed by atoms with Gasteiger partial charge in [0.05, 0.1) is 10.6 Å². The molecule has 0 aliphatic rings. The van der Waals surface area contributed by atoms with Crippen molar-refractivity contribution in [1.29, 1.82) is 0 Å². The summed E-state index contributed by atoms with van der Waals surface area (Å²) in [5.74, 6) is -0.784. The zero-order valence-electron chi connectivity index (χ0n) is 26.1. The summed E-state index contributed by atoms with van der Waals surface area (Å²) in [5.41, 5.74) is 3.96. The van der Waals surface area contributed by atoms with E-state index in [2.05, 4.69) is 21.2 Å². The Hall–Kier alpha value is -3.95. The van der Waals surface area contributed by atoms with Crippen molar-refractivity contribution in [2.75, 3.05) is 10.8 Å². The molecule has 2 amide bonds. The number of nitrogens with zero attached hydrogens (tertiary/aromatic N) is 2. The van der Waals surface area contributed by atoms with Gasteiger partial charge in [-0.05, 0) is 85.8 Å². The van der Waals surface area contributed by atoms with Crippen molar-refractivity contribution in [2.24, 2.45) is 0 Å². The maximum Gasteiger partial charge on any atom is 0.264 e. The summed E-state index contributed by atoms with van der Waals surface area (Å²) in [5, 5.41) is 3.06. The zero-order chi connectivity index (χ0) is 32.6. The second-order valence-corrected chi connectivity index (χ2v) is 14.0. The normalized spacial score (nSPS) is 12.6. The molecule has 0 spiro atoms. The summed E-state index contributed by atoms with van der Waals surface area (Å²) in [4.78, 5) is 30.1. The molecule has 4 aromatic rings. The lowest BCUT2D eigenvalue weighted by atomic mass is 10.0. The first-order chi connectivity index (χ1) is 21.5. The van der Waals surface area contributed by atoms with Gasteiger partial charge in [0.1, 0.15) is 12.6 Å². The number of nitrogens with one attached hydrogen (secondary N) is 1. The smallest absolute Gasteiger partial charge is 0.264 e. The van der Waals surface area contributed by atoms with Crippen LogP contribution in [-0.4, -0.2) is 43.8 Å². The minimum absolute atomic E-state index is 0.0740. The number of amides is 2. The molecule has 1 N–H and O–H groups in total. The van der Waals surface area contributed by atoms with E-state index in [0.717, 1.165) is 37.5 Å². The molecule has 0 aliphatic heterocycles. The number of halogens is 1. The Bertz CT molecular complexity index is 1720. The van der Waals surface area contributed by atoms with Crippen LogP contribution >= 0.6 is 15.9 Å². The van der Waals surface area contributed by atoms with Crippen molar-refractivity contribution in [3.63, 3.8) is 0 Å². The molecule has 0 unspecified atom stereocenters. The molecule has 2 atom stereocenters. The van der Waals surface area contributed by atoms with E-state index >= 15 is 0 Å². The van der Waals surface area contributed by atoms with Crippen LogP contribution in [0.1, 0.15) is 42.5 Å². The second kappa shape index (κ2) is 15.4. The molecule has 0 fully saturated rings. The Morgan fingerprint density at radius 3 is 2.09 bits per heavy atom. The molecule has 0 aromatic heterocycles. The maximum absolute atomic E-state index is 14.6. The minimum atomic E-state index is -4.14. The Balaban J connectivity index is 1.82. The summed E-state index contributed by atoms with van der Waals surface area (Å²) in [6, 6.07) is 29.5. The van der Waals surface area contributed by atoms with Gasteiger partial charge in [-0.15, -0.1) is 0 Å². The van der Waals surface area contributed by atoms with Crippen LogP contribution in [0.4, 0.5) is 5.69 Å². The van der Waals surface area contributed by atoms with Crippen molar-refractivity contribution < 1.29 is 18.0 Å². The first-order valence-corrected chi connectivity index (χ1v) is 17.3. The van der Waals surface area contributed by atoms with Crippen LogP contribution in [0.5, 0.6) is 0 Å². The van der Waals surface area contributed by atoms with Gasteiger partial charge in [-0.2, -0.15) is 0 Å². The molecule has 0 radical (unpaired) electrons. The number of hydrogen-bond donors (Lipinski definition) is 1. The number of carbonyl (C=O) groups excluding carboxylic acids is 2. The quantitative estimate of drug-likeness (QED) is 0.167. The van der Waals surface area contributed by atoms with Crippen molar-refractivity contribution in [2.45, 2.75) is 64.1 Å². The molecule has 0 aliphatic carbocycles. The summed E-state index contributed by atoms with van der Waals surface area (Å²) in [7, 11) is -4.14. The molecule has 45 heavy (non-hydrogen) atoms. The van der Waals surface area contributed by atoms with E-state index < -0.39 is 28.5 Å². The monoisotopic (exact) mass is 689 g/mol. The highest BCUT2D eigenvalue weighted by Crippen LogP contribution is 2.27. The average molecular weight is 691 g/mol. The number of carbonyl (C=O) groups is 2. The summed E-state index contributed by atoms with van der Waals surface area (Å²) < 4.78 is 30.3. The number of anilines is 1. The summed E-state index contributed by atoms with van der Waals surface area (Å²) >= 11 is 3.52. The molecule has 0 bridgehead atoms. The SMILES string of the molecule is CC[C@@H](C)NC(=O)[C@H](Cc1ccccc1)N(Cc1cccc(Br)c1)C(=O)CN(c1ccc(C)c(C)c1)S(=O)(=O)c1ccccc1. The average Bonchev–Trinajstić information content (AvgIpc) is 3.03. The minimum Gasteiger partial charge on any atom is -0.352 e. The highest BCUT2D eigenvalue weighted by atomic mass is 79.9. The Labute approximate surface area is 275 Å². The predicted molar refractivity (Wildman–Crippen MR) is 183 cm³/mol. The Kier molecular flexibility index (Phi) is 11.6. The van der Waals surface area contributed by atoms with Crippen molar-refractivity contribution in [3.05, 3.63) is 130 Å². The fourth-order valence-electron chi connectivity index (χ4n) is 4.96. The van der Waals surface area contributed by atoms with E-state index in [1.54, 1.807) is 30.3 Å². The molecule has 4 aromatic carbocycles. The number of sulfonamides is 1. The van der Waals surface area contributed by atoms with Crippen molar-refractivity contribution >= 4 is 43.5 Å². The molecule has 9 heteroatoms. The lowest BCUT2D eigenvalue weighted by Gasteiger charge is -2.34. The molecule has 0 saturated heterocycles. The van der Waals surface area contributed by atoms with Crippen LogP contribution in [0.15, 0.2) is 112 Å². The second-order valence-electron chi connectivity index (χ2n) is 11.3. The molecule has 0 saturated carbocycles. The van der Waals surface area contributed by atoms with E-state index in [1.165, 1.54) is 17.0 Å². The largest absolute Gasteiger partial charge is 0.352 e. The standard InChI is InChI=1S/C36H40BrN3O4S/c1-5-28(4)38-36(42)34(23-29-13-8-6-9-14-29)39(24-30-15-12-16-31(37)22-30)35(41)25-40(32-20-19-26(2)27(3)21-32)45(43,44)33-17-10-7-11-18-33/h6-22,28,34H,5,23-25H2,1-4H3,(H,38,42)/t28-,34+/m1/s1. The van der Waals surface area contributed by atoms with Crippen LogP contribution in [0.3, 0.4) is 0 Å². The molecular weight excluding hydrogens is 650 g/mol. The van der Waals surface area contributed by atoms with Gasteiger partial charge < -0.3 is 10.2 Å². The molecule has 4 rings (SSSR count). The van der Waals surface area contributed by atoms with E-state index in [4.69, 9.17) is 0 Å². The summed E-state index contributed by atoms with van der Waals surface area (Å²) in [6.45, 7) is 7.38. The van der Waals surface area contributed by atoms with Crippen molar-refractivity contribution in [3.8, 4) is 0 Å². The van der Waals surface area contributed by atoms with Gasteiger partial charge in [0.2, 0.25) is 11.8 Å². The number of aryl methyl sites for hydroxylation is 2. The lowest BCUT2D eigenvalue weighted by Crippen LogP contribution is -2.54. The van der Waals surface area contributed by atoms with Gasteiger partial charge in [-0.25, -0.2) is 8.42 Å². The number of rotatable bonds is 13. The van der Waals surface area contributed by atoms with Gasteiger partial charge in [0.25, 0.3) is 10.0 Å². The first kappa shape index (κ1) is 33.9. The highest BCUT2D eigenvalue weighted by molar-refractivity contribution is 9.10. The maximum atomic E-state index is 14.6. The molecular formula is C36H40BrN3O4S. The van der Waals surface area contributed by atoms with Crippen molar-refractivity contribution in [1.82, 2.24) is 10.2 Å². The molecule has 236 valence electrons. The number of benzene rings is 4. The van der Waals surface area contributed by atoms with Gasteiger partial charge in [0, 0.05) is 23.5 Å². The lowest BCUT2D eigenvalue weighted by molar-refractivity contribution is -0.140. The van der Waals surface area contributed by atoms with E-state index in [9.17, 15) is 18.0 Å².